The molecule has 0 aliphatic carbocycles. The highest BCUT2D eigenvalue weighted by molar-refractivity contribution is 5.92. The number of ether oxygens (including phenoxy) is 2. The largest absolute Gasteiger partial charge is 0.506 e. The number of nitrogens with one attached hydrogen (secondary N) is 1. The topological polar surface area (TPSA) is 86.6 Å². The lowest BCUT2D eigenvalue weighted by molar-refractivity contribution is 0.0597. The standard InChI is InChI=1S/C23H30N4O4/c1-4-24-23(25-16-17-9-10-21(30-2)18(15-17)22(29)31-3)27-13-11-26(12-14-27)19-7-5-6-8-20(19)28/h5-10,15,28H,4,11-14,16H2,1-3H3,(H,24,25). The van der Waals surface area contributed by atoms with Gasteiger partial charge in [-0.3, -0.25) is 0 Å². The third kappa shape index (κ3) is 5.39. The zero-order valence-electron chi connectivity index (χ0n) is 18.3. The molecule has 1 fully saturated rings. The van der Waals surface area contributed by atoms with Crippen molar-refractivity contribution in [1.82, 2.24) is 10.2 Å². The first-order valence-corrected chi connectivity index (χ1v) is 10.4. The maximum Gasteiger partial charge on any atom is 0.341 e. The molecule has 1 heterocycles. The fraction of sp³-hybridized carbons (Fsp3) is 0.391. The lowest BCUT2D eigenvalue weighted by Gasteiger charge is -2.37. The van der Waals surface area contributed by atoms with Crippen molar-refractivity contribution in [2.45, 2.75) is 13.5 Å². The number of hydrogen-bond acceptors (Lipinski definition) is 6. The van der Waals surface area contributed by atoms with Gasteiger partial charge in [0.2, 0.25) is 0 Å². The Morgan fingerprint density at radius 3 is 2.52 bits per heavy atom. The van der Waals surface area contributed by atoms with E-state index in [0.29, 0.717) is 23.6 Å². The third-order valence-corrected chi connectivity index (χ3v) is 5.22. The minimum absolute atomic E-state index is 0.303. The molecule has 0 saturated carbocycles. The number of nitrogens with zero attached hydrogens (tertiary/aromatic N) is 3. The van der Waals surface area contributed by atoms with Gasteiger partial charge in [-0.2, -0.15) is 0 Å². The molecule has 166 valence electrons. The van der Waals surface area contributed by atoms with E-state index in [4.69, 9.17) is 14.5 Å². The molecule has 2 aromatic rings. The minimum atomic E-state index is -0.435. The molecule has 0 aromatic heterocycles. The van der Waals surface area contributed by atoms with E-state index in [1.54, 1.807) is 18.2 Å². The molecule has 1 aliphatic heterocycles. The van der Waals surface area contributed by atoms with Gasteiger partial charge in [-0.15, -0.1) is 0 Å². The summed E-state index contributed by atoms with van der Waals surface area (Å²) in [5.41, 5.74) is 2.14. The summed E-state index contributed by atoms with van der Waals surface area (Å²) >= 11 is 0. The Balaban J connectivity index is 1.70. The monoisotopic (exact) mass is 426 g/mol. The number of hydrogen-bond donors (Lipinski definition) is 2. The first kappa shape index (κ1) is 22.3. The average molecular weight is 427 g/mol. The number of aliphatic imine (C=N–C) groups is 1. The number of carbonyl (C=O) groups is 1. The molecule has 8 nitrogen and oxygen atoms in total. The van der Waals surface area contributed by atoms with Gasteiger partial charge < -0.3 is 29.7 Å². The van der Waals surface area contributed by atoms with Crippen LogP contribution in [0.15, 0.2) is 47.5 Å². The van der Waals surface area contributed by atoms with Gasteiger partial charge >= 0.3 is 5.97 Å². The number of methoxy groups -OCH3 is 2. The average Bonchev–Trinajstić information content (AvgIpc) is 2.81. The van der Waals surface area contributed by atoms with E-state index in [9.17, 15) is 9.90 Å². The number of phenols is 1. The predicted octanol–water partition coefficient (Wildman–Crippen LogP) is 2.48. The number of phenolic OH excluding ortho intramolecular Hbond substituents is 1. The second kappa shape index (κ2) is 10.6. The normalized spacial score (nSPS) is 14.4. The van der Waals surface area contributed by atoms with Crippen molar-refractivity contribution in [3.05, 3.63) is 53.6 Å². The number of para-hydroxylation sites is 2. The molecule has 0 atom stereocenters. The van der Waals surface area contributed by atoms with Gasteiger partial charge in [-0.1, -0.05) is 18.2 Å². The smallest absolute Gasteiger partial charge is 0.341 e. The SMILES string of the molecule is CCNC(=NCc1ccc(OC)c(C(=O)OC)c1)N1CCN(c2ccccc2O)CC1. The molecule has 0 radical (unpaired) electrons. The van der Waals surface area contributed by atoms with E-state index in [1.165, 1.54) is 14.2 Å². The fourth-order valence-corrected chi connectivity index (χ4v) is 3.61. The van der Waals surface area contributed by atoms with Crippen molar-refractivity contribution in [2.24, 2.45) is 4.99 Å². The van der Waals surface area contributed by atoms with Gasteiger partial charge in [-0.25, -0.2) is 9.79 Å². The molecule has 0 spiro atoms. The van der Waals surface area contributed by atoms with Crippen LogP contribution in [0, 0.1) is 0 Å². The zero-order chi connectivity index (χ0) is 22.2. The number of anilines is 1. The lowest BCUT2D eigenvalue weighted by Crippen LogP contribution is -2.52. The van der Waals surface area contributed by atoms with E-state index in [1.807, 2.05) is 31.2 Å². The molecular weight excluding hydrogens is 396 g/mol. The number of esters is 1. The van der Waals surface area contributed by atoms with Crippen LogP contribution in [0.1, 0.15) is 22.8 Å². The molecule has 0 bridgehead atoms. The molecule has 0 amide bonds. The van der Waals surface area contributed by atoms with E-state index in [0.717, 1.165) is 49.9 Å². The van der Waals surface area contributed by atoms with Crippen molar-refractivity contribution in [2.75, 3.05) is 51.8 Å². The molecule has 1 saturated heterocycles. The highest BCUT2D eigenvalue weighted by Gasteiger charge is 2.21. The Labute approximate surface area is 183 Å². The molecule has 31 heavy (non-hydrogen) atoms. The van der Waals surface area contributed by atoms with Crippen molar-refractivity contribution >= 4 is 17.6 Å². The molecule has 2 N–H and O–H groups in total. The summed E-state index contributed by atoms with van der Waals surface area (Å²) in [6, 6.07) is 12.8. The Kier molecular flexibility index (Phi) is 7.59. The highest BCUT2D eigenvalue weighted by Crippen LogP contribution is 2.27. The number of benzene rings is 2. The van der Waals surface area contributed by atoms with Crippen molar-refractivity contribution in [3.8, 4) is 11.5 Å². The Morgan fingerprint density at radius 2 is 1.87 bits per heavy atom. The summed E-state index contributed by atoms with van der Waals surface area (Å²) in [5, 5.41) is 13.5. The summed E-state index contributed by atoms with van der Waals surface area (Å²) in [6.07, 6.45) is 0. The van der Waals surface area contributed by atoms with Crippen molar-refractivity contribution in [1.29, 1.82) is 0 Å². The second-order valence-corrected chi connectivity index (χ2v) is 7.16. The highest BCUT2D eigenvalue weighted by atomic mass is 16.5. The van der Waals surface area contributed by atoms with Gasteiger partial charge in [-0.05, 0) is 36.8 Å². The first-order chi connectivity index (χ1) is 15.1. The second-order valence-electron chi connectivity index (χ2n) is 7.16. The molecular formula is C23H30N4O4. The number of piperazine rings is 1. The quantitative estimate of drug-likeness (QED) is 0.417. The molecule has 3 rings (SSSR count). The summed E-state index contributed by atoms with van der Waals surface area (Å²) < 4.78 is 10.1. The third-order valence-electron chi connectivity index (χ3n) is 5.22. The van der Waals surface area contributed by atoms with Crippen LogP contribution in [0.25, 0.3) is 0 Å². The van der Waals surface area contributed by atoms with Gasteiger partial charge in [0.25, 0.3) is 0 Å². The van der Waals surface area contributed by atoms with E-state index < -0.39 is 5.97 Å². The number of aromatic hydroxyl groups is 1. The molecule has 0 unspecified atom stereocenters. The van der Waals surface area contributed by atoms with Crippen molar-refractivity contribution in [3.63, 3.8) is 0 Å². The van der Waals surface area contributed by atoms with Crippen LogP contribution in [-0.4, -0.2) is 68.9 Å². The Morgan fingerprint density at radius 1 is 1.13 bits per heavy atom. The van der Waals surface area contributed by atoms with Crippen LogP contribution in [0.4, 0.5) is 5.69 Å². The van der Waals surface area contributed by atoms with Gasteiger partial charge in [0.15, 0.2) is 5.96 Å². The predicted molar refractivity (Wildman–Crippen MR) is 121 cm³/mol. The van der Waals surface area contributed by atoms with Gasteiger partial charge in [0.05, 0.1) is 26.5 Å². The maximum absolute atomic E-state index is 12.0. The Bertz CT molecular complexity index is 924. The van der Waals surface area contributed by atoms with Gasteiger partial charge in [0.1, 0.15) is 17.1 Å². The van der Waals surface area contributed by atoms with Crippen LogP contribution < -0.4 is 15.0 Å². The molecule has 2 aromatic carbocycles. The van der Waals surface area contributed by atoms with Gasteiger partial charge in [0, 0.05) is 32.7 Å². The zero-order valence-corrected chi connectivity index (χ0v) is 18.3. The van der Waals surface area contributed by atoms with Crippen LogP contribution in [0.5, 0.6) is 11.5 Å². The summed E-state index contributed by atoms with van der Waals surface area (Å²) in [5.74, 6) is 1.17. The van der Waals surface area contributed by atoms with E-state index >= 15 is 0 Å². The number of guanidine groups is 1. The number of rotatable bonds is 6. The fourth-order valence-electron chi connectivity index (χ4n) is 3.61. The van der Waals surface area contributed by atoms with Crippen LogP contribution in [0.2, 0.25) is 0 Å². The summed E-state index contributed by atoms with van der Waals surface area (Å²) in [6.45, 7) is 6.38. The molecule has 1 aliphatic rings. The van der Waals surface area contributed by atoms with Crippen LogP contribution >= 0.6 is 0 Å². The first-order valence-electron chi connectivity index (χ1n) is 10.4. The van der Waals surface area contributed by atoms with Crippen LogP contribution in [0.3, 0.4) is 0 Å². The van der Waals surface area contributed by atoms with E-state index in [2.05, 4.69) is 15.1 Å². The van der Waals surface area contributed by atoms with E-state index in [-0.39, 0.29) is 0 Å². The Hall–Kier alpha value is -3.42. The lowest BCUT2D eigenvalue weighted by atomic mass is 10.1. The maximum atomic E-state index is 12.0. The number of carbonyl (C=O) groups excluding carboxylic acids is 1. The van der Waals surface area contributed by atoms with Crippen LogP contribution in [-0.2, 0) is 11.3 Å². The summed E-state index contributed by atoms with van der Waals surface area (Å²) in [4.78, 5) is 21.2. The minimum Gasteiger partial charge on any atom is -0.506 e. The molecule has 8 heteroatoms. The summed E-state index contributed by atoms with van der Waals surface area (Å²) in [7, 11) is 2.88. The van der Waals surface area contributed by atoms with Crippen molar-refractivity contribution < 1.29 is 19.4 Å².